The molecule has 3 heterocycles. The highest BCUT2D eigenvalue weighted by Gasteiger charge is 2.06. The van der Waals surface area contributed by atoms with Gasteiger partial charge >= 0.3 is 0 Å². The number of nitrogens with zero attached hydrogens (tertiary/aromatic N) is 5. The van der Waals surface area contributed by atoms with Gasteiger partial charge in [-0.2, -0.15) is 0 Å². The maximum atomic E-state index is 13.0. The Bertz CT molecular complexity index is 1160. The summed E-state index contributed by atoms with van der Waals surface area (Å²) in [7, 11) is 1.70. The molecule has 8 nitrogen and oxygen atoms in total. The predicted octanol–water partition coefficient (Wildman–Crippen LogP) is 2.92. The Hall–Kier alpha value is -4.01. The summed E-state index contributed by atoms with van der Waals surface area (Å²) in [5.74, 6) is 2.05. The number of benzene rings is 1. The van der Waals surface area contributed by atoms with Crippen molar-refractivity contribution in [1.82, 2.24) is 30.2 Å². The van der Waals surface area contributed by atoms with Crippen LogP contribution in [-0.2, 0) is 13.1 Å². The van der Waals surface area contributed by atoms with E-state index in [1.54, 1.807) is 25.4 Å². The molecule has 0 saturated carbocycles. The molecule has 0 amide bonds. The van der Waals surface area contributed by atoms with Gasteiger partial charge in [0.1, 0.15) is 11.6 Å². The number of nitrogens with one attached hydrogen (secondary N) is 2. The second-order valence-electron chi connectivity index (χ2n) is 6.38. The van der Waals surface area contributed by atoms with Crippen LogP contribution < -0.4 is 15.4 Å². The van der Waals surface area contributed by atoms with Gasteiger partial charge in [-0.25, -0.2) is 9.37 Å². The van der Waals surface area contributed by atoms with Crippen LogP contribution in [0.15, 0.2) is 72.0 Å². The van der Waals surface area contributed by atoms with Crippen molar-refractivity contribution in [1.29, 1.82) is 0 Å². The van der Waals surface area contributed by atoms with Crippen LogP contribution in [0.5, 0.6) is 11.6 Å². The van der Waals surface area contributed by atoms with Gasteiger partial charge in [0.05, 0.1) is 6.54 Å². The third-order valence-electron chi connectivity index (χ3n) is 4.32. The average Bonchev–Trinajstić information content (AvgIpc) is 3.19. The van der Waals surface area contributed by atoms with E-state index in [1.165, 1.54) is 12.1 Å². The van der Waals surface area contributed by atoms with Crippen molar-refractivity contribution in [2.24, 2.45) is 4.99 Å². The number of halogens is 1. The van der Waals surface area contributed by atoms with E-state index in [-0.39, 0.29) is 5.82 Å². The maximum Gasteiger partial charge on any atom is 0.219 e. The number of ether oxygens (including phenoxy) is 1. The molecule has 2 N–H and O–H groups in total. The summed E-state index contributed by atoms with van der Waals surface area (Å²) in [6, 6.07) is 15.2. The number of aromatic nitrogens is 4. The van der Waals surface area contributed by atoms with E-state index >= 15 is 0 Å². The van der Waals surface area contributed by atoms with Crippen LogP contribution >= 0.6 is 0 Å². The van der Waals surface area contributed by atoms with Crippen molar-refractivity contribution in [2.75, 3.05) is 7.05 Å². The summed E-state index contributed by atoms with van der Waals surface area (Å²) in [5, 5.41) is 14.8. The molecular weight excluding hydrogens is 385 g/mol. The zero-order chi connectivity index (χ0) is 20.8. The first-order valence-electron chi connectivity index (χ1n) is 9.33. The zero-order valence-corrected chi connectivity index (χ0v) is 16.3. The van der Waals surface area contributed by atoms with Gasteiger partial charge in [0.25, 0.3) is 0 Å². The lowest BCUT2D eigenvalue weighted by Crippen LogP contribution is -2.36. The molecule has 0 saturated heterocycles. The van der Waals surface area contributed by atoms with Crippen molar-refractivity contribution in [3.05, 3.63) is 84.2 Å². The van der Waals surface area contributed by atoms with Gasteiger partial charge in [-0.3, -0.25) is 9.39 Å². The largest absolute Gasteiger partial charge is 0.439 e. The van der Waals surface area contributed by atoms with Gasteiger partial charge < -0.3 is 15.4 Å². The number of pyridine rings is 2. The first-order chi connectivity index (χ1) is 14.7. The molecule has 0 aliphatic carbocycles. The van der Waals surface area contributed by atoms with E-state index in [1.807, 2.05) is 40.9 Å². The van der Waals surface area contributed by atoms with Crippen LogP contribution in [0.1, 0.15) is 11.4 Å². The van der Waals surface area contributed by atoms with E-state index in [9.17, 15) is 4.39 Å². The molecule has 30 heavy (non-hydrogen) atoms. The molecule has 4 aromatic rings. The van der Waals surface area contributed by atoms with Crippen LogP contribution in [0.4, 0.5) is 4.39 Å². The lowest BCUT2D eigenvalue weighted by Gasteiger charge is -2.12. The van der Waals surface area contributed by atoms with Gasteiger partial charge in [0, 0.05) is 32.1 Å². The van der Waals surface area contributed by atoms with Gasteiger partial charge in [-0.1, -0.05) is 6.07 Å². The average molecular weight is 405 g/mol. The summed E-state index contributed by atoms with van der Waals surface area (Å²) in [6.07, 6.45) is 3.58. The molecule has 0 unspecified atom stereocenters. The van der Waals surface area contributed by atoms with Crippen LogP contribution in [0, 0.1) is 5.82 Å². The van der Waals surface area contributed by atoms with E-state index in [4.69, 9.17) is 4.74 Å². The van der Waals surface area contributed by atoms with Crippen molar-refractivity contribution in [2.45, 2.75) is 13.1 Å². The Labute approximate surface area is 172 Å². The van der Waals surface area contributed by atoms with Gasteiger partial charge in [0.15, 0.2) is 17.4 Å². The number of aliphatic imine (C=N–C) groups is 1. The maximum absolute atomic E-state index is 13.0. The monoisotopic (exact) mass is 405 g/mol. The highest BCUT2D eigenvalue weighted by atomic mass is 19.1. The highest BCUT2D eigenvalue weighted by Crippen LogP contribution is 2.20. The smallest absolute Gasteiger partial charge is 0.219 e. The van der Waals surface area contributed by atoms with Crippen molar-refractivity contribution in [3.63, 3.8) is 0 Å². The Morgan fingerprint density at radius 1 is 1.07 bits per heavy atom. The summed E-state index contributed by atoms with van der Waals surface area (Å²) < 4.78 is 20.6. The summed E-state index contributed by atoms with van der Waals surface area (Å²) in [4.78, 5) is 8.43. The van der Waals surface area contributed by atoms with E-state index < -0.39 is 0 Å². The molecular formula is C21H20FN7O. The van der Waals surface area contributed by atoms with Gasteiger partial charge in [-0.05, 0) is 48.0 Å². The fraction of sp³-hybridized carbons (Fsp3) is 0.143. The summed E-state index contributed by atoms with van der Waals surface area (Å²) >= 11 is 0. The molecule has 9 heteroatoms. The number of guanidine groups is 1. The van der Waals surface area contributed by atoms with Crippen molar-refractivity contribution in [3.8, 4) is 11.6 Å². The molecule has 0 fully saturated rings. The minimum Gasteiger partial charge on any atom is -0.439 e. The van der Waals surface area contributed by atoms with E-state index in [0.717, 1.165) is 17.0 Å². The standard InChI is InChI=1S/C21H20FN7O/c1-23-21(26-14-19-28-27-18-4-2-3-11-29(18)19)25-13-15-9-10-24-20(12-15)30-17-7-5-16(22)6-8-17/h2-12H,13-14H2,1H3,(H2,23,25,26). The van der Waals surface area contributed by atoms with E-state index in [2.05, 4.69) is 30.8 Å². The molecule has 1 aromatic carbocycles. The SMILES string of the molecule is CN=C(NCc1ccnc(Oc2ccc(F)cc2)c1)NCc1nnc2ccccn12. The Morgan fingerprint density at radius 3 is 2.73 bits per heavy atom. The molecule has 0 spiro atoms. The Kier molecular flexibility index (Phi) is 5.79. The molecule has 152 valence electrons. The van der Waals surface area contributed by atoms with E-state index in [0.29, 0.717) is 30.7 Å². The molecule has 0 bridgehead atoms. The summed E-state index contributed by atoms with van der Waals surface area (Å²) in [6.45, 7) is 0.989. The number of hydrogen-bond acceptors (Lipinski definition) is 5. The molecule has 3 aromatic heterocycles. The highest BCUT2D eigenvalue weighted by molar-refractivity contribution is 5.79. The molecule has 0 aliphatic rings. The van der Waals surface area contributed by atoms with Crippen molar-refractivity contribution < 1.29 is 9.13 Å². The zero-order valence-electron chi connectivity index (χ0n) is 16.3. The fourth-order valence-electron chi connectivity index (χ4n) is 2.82. The van der Waals surface area contributed by atoms with Crippen LogP contribution in [-0.4, -0.2) is 32.6 Å². The minimum atomic E-state index is -0.314. The third kappa shape index (κ3) is 4.69. The quantitative estimate of drug-likeness (QED) is 0.379. The summed E-state index contributed by atoms with van der Waals surface area (Å²) in [5.41, 5.74) is 1.75. The topological polar surface area (TPSA) is 88.7 Å². The Morgan fingerprint density at radius 2 is 1.90 bits per heavy atom. The first-order valence-corrected chi connectivity index (χ1v) is 9.33. The number of rotatable bonds is 6. The van der Waals surface area contributed by atoms with Gasteiger partial charge in [-0.15, -0.1) is 10.2 Å². The fourth-order valence-corrected chi connectivity index (χ4v) is 2.82. The molecule has 0 aliphatic heterocycles. The van der Waals surface area contributed by atoms with Crippen LogP contribution in [0.2, 0.25) is 0 Å². The lowest BCUT2D eigenvalue weighted by atomic mass is 10.2. The number of fused-ring (bicyclic) bond motifs is 1. The van der Waals surface area contributed by atoms with Gasteiger partial charge in [0.2, 0.25) is 5.88 Å². The van der Waals surface area contributed by atoms with Crippen LogP contribution in [0.3, 0.4) is 0 Å². The molecule has 0 radical (unpaired) electrons. The molecule has 4 rings (SSSR count). The second kappa shape index (κ2) is 8.99. The lowest BCUT2D eigenvalue weighted by molar-refractivity contribution is 0.460. The Balaban J connectivity index is 1.34. The van der Waals surface area contributed by atoms with Crippen LogP contribution in [0.25, 0.3) is 5.65 Å². The minimum absolute atomic E-state index is 0.314. The van der Waals surface area contributed by atoms with Crippen molar-refractivity contribution >= 4 is 11.6 Å². The first kappa shape index (κ1) is 19.3. The predicted molar refractivity (Wildman–Crippen MR) is 111 cm³/mol. The number of hydrogen-bond donors (Lipinski definition) is 2. The second-order valence-corrected chi connectivity index (χ2v) is 6.38. The molecule has 0 atom stereocenters. The third-order valence-corrected chi connectivity index (χ3v) is 4.32. The normalized spacial score (nSPS) is 11.5.